The number of nitrogens with one attached hydrogen (secondary N) is 2. The maximum atomic E-state index is 12.8. The summed E-state index contributed by atoms with van der Waals surface area (Å²) in [5.41, 5.74) is -1.07. The van der Waals surface area contributed by atoms with Crippen LogP contribution >= 0.6 is 0 Å². The van der Waals surface area contributed by atoms with Crippen LogP contribution in [-0.2, 0) is 20.4 Å². The second kappa shape index (κ2) is 10.4. The van der Waals surface area contributed by atoms with Crippen molar-refractivity contribution in [2.45, 2.75) is 44.1 Å². The van der Waals surface area contributed by atoms with Gasteiger partial charge in [0.15, 0.2) is 0 Å². The first-order chi connectivity index (χ1) is 14.8. The maximum Gasteiger partial charge on any atom is 0.416 e. The third kappa shape index (κ3) is 6.41. The van der Waals surface area contributed by atoms with Crippen molar-refractivity contribution in [2.24, 2.45) is 0 Å². The highest BCUT2D eigenvalue weighted by Crippen LogP contribution is 2.29. The summed E-state index contributed by atoms with van der Waals surface area (Å²) in [5.74, 6) is -1.15. The van der Waals surface area contributed by atoms with Crippen LogP contribution in [0.5, 0.6) is 0 Å². The van der Waals surface area contributed by atoms with E-state index in [1.54, 1.807) is 0 Å². The van der Waals surface area contributed by atoms with Crippen molar-refractivity contribution in [1.29, 1.82) is 0 Å². The molecule has 31 heavy (non-hydrogen) atoms. The molecule has 0 aliphatic carbocycles. The Morgan fingerprint density at radius 1 is 1.23 bits per heavy atom. The smallest absolute Gasteiger partial charge is 0.381 e. The molecule has 2 fully saturated rings. The van der Waals surface area contributed by atoms with E-state index >= 15 is 0 Å². The van der Waals surface area contributed by atoms with Gasteiger partial charge in [0.2, 0.25) is 5.91 Å². The van der Waals surface area contributed by atoms with Crippen LogP contribution in [0.1, 0.15) is 35.7 Å². The molecule has 10 heteroatoms. The Bertz CT molecular complexity index is 768. The van der Waals surface area contributed by atoms with Crippen LogP contribution in [0.3, 0.4) is 0 Å². The Morgan fingerprint density at radius 2 is 1.97 bits per heavy atom. The largest absolute Gasteiger partial charge is 0.416 e. The Morgan fingerprint density at radius 3 is 2.65 bits per heavy atom. The normalized spacial score (nSPS) is 23.0. The fourth-order valence-corrected chi connectivity index (χ4v) is 4.03. The Balaban J connectivity index is 1.52. The van der Waals surface area contributed by atoms with Crippen molar-refractivity contribution in [3.8, 4) is 0 Å². The van der Waals surface area contributed by atoms with Gasteiger partial charge in [-0.25, -0.2) is 0 Å². The number of benzene rings is 1. The number of likely N-dealkylation sites (tertiary alicyclic amines) is 1. The third-order valence-corrected chi connectivity index (χ3v) is 5.59. The van der Waals surface area contributed by atoms with E-state index in [0.717, 1.165) is 44.3 Å². The van der Waals surface area contributed by atoms with Crippen LogP contribution in [0.4, 0.5) is 13.2 Å². The number of hydrogen-bond donors (Lipinski definition) is 2. The molecule has 2 atom stereocenters. The molecule has 2 aliphatic heterocycles. The van der Waals surface area contributed by atoms with Crippen molar-refractivity contribution in [3.63, 3.8) is 0 Å². The zero-order chi connectivity index (χ0) is 22.4. The van der Waals surface area contributed by atoms with Gasteiger partial charge in [0.1, 0.15) is 0 Å². The summed E-state index contributed by atoms with van der Waals surface area (Å²) in [6.45, 7) is 4.87. The van der Waals surface area contributed by atoms with Crippen molar-refractivity contribution in [3.05, 3.63) is 35.4 Å². The molecular formula is C21H28F3N3O4. The number of hydrogen-bond acceptors (Lipinski definition) is 5. The van der Waals surface area contributed by atoms with Gasteiger partial charge < -0.3 is 20.1 Å². The summed E-state index contributed by atoms with van der Waals surface area (Å²) in [6, 6.07) is 4.26. The highest BCUT2D eigenvalue weighted by molar-refractivity contribution is 5.96. The first-order valence-electron chi connectivity index (χ1n) is 10.5. The second-order valence-corrected chi connectivity index (χ2v) is 7.73. The van der Waals surface area contributed by atoms with Crippen LogP contribution < -0.4 is 10.6 Å². The molecule has 172 valence electrons. The van der Waals surface area contributed by atoms with Crippen LogP contribution in [0.25, 0.3) is 0 Å². The van der Waals surface area contributed by atoms with Gasteiger partial charge in [-0.05, 0) is 38.0 Å². The van der Waals surface area contributed by atoms with E-state index in [0.29, 0.717) is 25.7 Å². The number of alkyl halides is 3. The molecule has 0 aromatic heterocycles. The molecule has 0 radical (unpaired) electrons. The van der Waals surface area contributed by atoms with E-state index < -0.39 is 23.6 Å². The lowest BCUT2D eigenvalue weighted by molar-refractivity contribution is -0.137. The number of ether oxygens (including phenoxy) is 2. The molecule has 2 aliphatic rings. The topological polar surface area (TPSA) is 79.9 Å². The average molecular weight is 443 g/mol. The standard InChI is InChI=1S/C21H28F3N3O4/c1-2-31-18-13-27(16-6-8-30-9-7-16)12-17(18)26-19(28)11-25-20(29)14-4-3-5-15(10-14)21(22,23)24/h3-5,10,16-18H,2,6-9,11-13H2,1H3,(H,25,29)(H,26,28)/t17?,18-/m0/s1. The summed E-state index contributed by atoms with van der Waals surface area (Å²) < 4.78 is 49.7. The zero-order valence-electron chi connectivity index (χ0n) is 17.4. The van der Waals surface area contributed by atoms with E-state index in [9.17, 15) is 22.8 Å². The summed E-state index contributed by atoms with van der Waals surface area (Å²) in [6.07, 6.45) is -2.82. The summed E-state index contributed by atoms with van der Waals surface area (Å²) >= 11 is 0. The number of halogens is 3. The minimum Gasteiger partial charge on any atom is -0.381 e. The Kier molecular flexibility index (Phi) is 7.90. The van der Waals surface area contributed by atoms with Crippen molar-refractivity contribution in [2.75, 3.05) is 39.5 Å². The Labute approximate surface area is 179 Å². The predicted octanol–water partition coefficient (Wildman–Crippen LogP) is 1.82. The average Bonchev–Trinajstić information content (AvgIpc) is 3.15. The molecule has 2 heterocycles. The molecule has 1 aromatic rings. The van der Waals surface area contributed by atoms with Crippen LogP contribution in [-0.4, -0.2) is 74.4 Å². The van der Waals surface area contributed by atoms with Gasteiger partial charge in [0.25, 0.3) is 5.91 Å². The van der Waals surface area contributed by atoms with E-state index in [4.69, 9.17) is 9.47 Å². The lowest BCUT2D eigenvalue weighted by Crippen LogP contribution is -2.48. The monoisotopic (exact) mass is 443 g/mol. The lowest BCUT2D eigenvalue weighted by Gasteiger charge is -2.30. The SMILES string of the molecule is CCO[C@H]1CN(C2CCOCC2)CC1NC(=O)CNC(=O)c1cccc(C(F)(F)F)c1. The van der Waals surface area contributed by atoms with Gasteiger partial charge in [-0.1, -0.05) is 6.07 Å². The van der Waals surface area contributed by atoms with E-state index in [1.165, 1.54) is 6.07 Å². The molecule has 2 saturated heterocycles. The molecule has 1 aromatic carbocycles. The van der Waals surface area contributed by atoms with Gasteiger partial charge >= 0.3 is 6.18 Å². The quantitative estimate of drug-likeness (QED) is 0.672. The second-order valence-electron chi connectivity index (χ2n) is 7.73. The van der Waals surface area contributed by atoms with Gasteiger partial charge in [0, 0.05) is 44.5 Å². The van der Waals surface area contributed by atoms with Crippen LogP contribution in [0, 0.1) is 0 Å². The van der Waals surface area contributed by atoms with Gasteiger partial charge in [0.05, 0.1) is 24.3 Å². The number of amides is 2. The lowest BCUT2D eigenvalue weighted by atomic mass is 10.1. The fraction of sp³-hybridized carbons (Fsp3) is 0.619. The summed E-state index contributed by atoms with van der Waals surface area (Å²) in [5, 5.41) is 5.28. The third-order valence-electron chi connectivity index (χ3n) is 5.59. The number of carbonyl (C=O) groups excluding carboxylic acids is 2. The zero-order valence-corrected chi connectivity index (χ0v) is 17.4. The molecule has 0 saturated carbocycles. The van der Waals surface area contributed by atoms with E-state index in [1.807, 2.05) is 6.92 Å². The first-order valence-corrected chi connectivity index (χ1v) is 10.5. The molecule has 3 rings (SSSR count). The van der Waals surface area contributed by atoms with E-state index in [2.05, 4.69) is 15.5 Å². The fourth-order valence-electron chi connectivity index (χ4n) is 4.03. The summed E-state index contributed by atoms with van der Waals surface area (Å²) in [7, 11) is 0. The maximum absolute atomic E-state index is 12.8. The van der Waals surface area contributed by atoms with Gasteiger partial charge in [-0.15, -0.1) is 0 Å². The molecule has 7 nitrogen and oxygen atoms in total. The summed E-state index contributed by atoms with van der Waals surface area (Å²) in [4.78, 5) is 26.9. The minimum atomic E-state index is -4.54. The Hall–Kier alpha value is -2.17. The predicted molar refractivity (Wildman–Crippen MR) is 107 cm³/mol. The van der Waals surface area contributed by atoms with Gasteiger partial charge in [-0.2, -0.15) is 13.2 Å². The highest BCUT2D eigenvalue weighted by atomic mass is 19.4. The number of carbonyl (C=O) groups is 2. The molecule has 2 amide bonds. The number of nitrogens with zero attached hydrogens (tertiary/aromatic N) is 1. The highest BCUT2D eigenvalue weighted by Gasteiger charge is 2.38. The van der Waals surface area contributed by atoms with E-state index in [-0.39, 0.29) is 24.3 Å². The van der Waals surface area contributed by atoms with Gasteiger partial charge in [-0.3, -0.25) is 14.5 Å². The van der Waals surface area contributed by atoms with Crippen molar-refractivity contribution in [1.82, 2.24) is 15.5 Å². The molecular weight excluding hydrogens is 415 g/mol. The molecule has 0 bridgehead atoms. The molecule has 1 unspecified atom stereocenters. The van der Waals surface area contributed by atoms with Crippen LogP contribution in [0.15, 0.2) is 24.3 Å². The molecule has 2 N–H and O–H groups in total. The van der Waals surface area contributed by atoms with Crippen molar-refractivity contribution >= 4 is 11.8 Å². The molecule has 0 spiro atoms. The first kappa shape index (κ1) is 23.5. The van der Waals surface area contributed by atoms with Crippen LogP contribution in [0.2, 0.25) is 0 Å². The van der Waals surface area contributed by atoms with Crippen molar-refractivity contribution < 1.29 is 32.2 Å². The number of rotatable bonds is 7. The minimum absolute atomic E-state index is 0.152.